The summed E-state index contributed by atoms with van der Waals surface area (Å²) in [5.74, 6) is 0.741. The molecule has 1 aromatic carbocycles. The van der Waals surface area contributed by atoms with Crippen LogP contribution in [0.15, 0.2) is 18.2 Å². The number of hydrogen-bond acceptors (Lipinski definition) is 2. The van der Waals surface area contributed by atoms with Crippen LogP contribution >= 0.6 is 11.6 Å². The van der Waals surface area contributed by atoms with E-state index in [2.05, 4.69) is 25.7 Å². The topological polar surface area (TPSA) is 29.3 Å². The van der Waals surface area contributed by atoms with Crippen molar-refractivity contribution in [1.29, 1.82) is 0 Å². The molecule has 1 aromatic rings. The average Bonchev–Trinajstić information content (AvgIpc) is 2.06. The molecule has 0 aromatic heterocycles. The second-order valence-electron chi connectivity index (χ2n) is 5.68. The van der Waals surface area contributed by atoms with Gasteiger partial charge in [-0.05, 0) is 29.5 Å². The Labute approximate surface area is 102 Å². The van der Waals surface area contributed by atoms with Crippen molar-refractivity contribution >= 4 is 23.0 Å². The Kier molecular flexibility index (Phi) is 2.79. The Morgan fingerprint density at radius 2 is 1.94 bits per heavy atom. The maximum absolute atomic E-state index is 6.17. The van der Waals surface area contributed by atoms with Gasteiger partial charge in [-0.2, -0.15) is 0 Å². The van der Waals surface area contributed by atoms with Crippen molar-refractivity contribution in [3.8, 4) is 0 Å². The molecule has 0 spiro atoms. The monoisotopic (exact) mass is 238 g/mol. The second-order valence-corrected chi connectivity index (χ2v) is 6.09. The highest BCUT2D eigenvalue weighted by Gasteiger charge is 2.36. The lowest BCUT2D eigenvalue weighted by Gasteiger charge is -2.47. The predicted octanol–water partition coefficient (Wildman–Crippen LogP) is 3.40. The van der Waals surface area contributed by atoms with Gasteiger partial charge < -0.3 is 10.6 Å². The molecule has 16 heavy (non-hydrogen) atoms. The molecule has 2 N–H and O–H groups in total. The Hall–Kier alpha value is -0.890. The molecule has 1 heterocycles. The standard InChI is InChI=1S/C13H19ClN2/c1-13(2,3)9-7-16(8-9)12-6-10(15)4-5-11(12)14/h4-6,9H,7-8,15H2,1-3H3. The number of anilines is 2. The van der Waals surface area contributed by atoms with Crippen molar-refractivity contribution < 1.29 is 0 Å². The van der Waals surface area contributed by atoms with Gasteiger partial charge in [0.2, 0.25) is 0 Å². The minimum atomic E-state index is 0.378. The molecule has 1 fully saturated rings. The number of rotatable bonds is 1. The van der Waals surface area contributed by atoms with Crippen LogP contribution in [-0.4, -0.2) is 13.1 Å². The van der Waals surface area contributed by atoms with Crippen LogP contribution in [0.1, 0.15) is 20.8 Å². The molecule has 0 unspecified atom stereocenters. The molecule has 0 bridgehead atoms. The van der Waals surface area contributed by atoms with Gasteiger partial charge in [-0.25, -0.2) is 0 Å². The number of nitrogens with zero attached hydrogens (tertiary/aromatic N) is 1. The van der Waals surface area contributed by atoms with Crippen LogP contribution in [0.25, 0.3) is 0 Å². The van der Waals surface area contributed by atoms with Gasteiger partial charge in [0.1, 0.15) is 0 Å². The Morgan fingerprint density at radius 3 is 2.50 bits per heavy atom. The SMILES string of the molecule is CC(C)(C)C1CN(c2cc(N)ccc2Cl)C1. The van der Waals surface area contributed by atoms with Crippen LogP contribution in [0.4, 0.5) is 11.4 Å². The van der Waals surface area contributed by atoms with Crippen LogP contribution < -0.4 is 10.6 Å². The summed E-state index contributed by atoms with van der Waals surface area (Å²) in [6.07, 6.45) is 0. The van der Waals surface area contributed by atoms with E-state index < -0.39 is 0 Å². The van der Waals surface area contributed by atoms with E-state index in [1.54, 1.807) is 0 Å². The largest absolute Gasteiger partial charge is 0.399 e. The van der Waals surface area contributed by atoms with E-state index >= 15 is 0 Å². The normalized spacial score (nSPS) is 17.4. The summed E-state index contributed by atoms with van der Waals surface area (Å²) in [4.78, 5) is 2.30. The van der Waals surface area contributed by atoms with Crippen molar-refractivity contribution in [2.24, 2.45) is 11.3 Å². The smallest absolute Gasteiger partial charge is 0.0641 e. The molecule has 0 amide bonds. The molecule has 2 rings (SSSR count). The molecule has 88 valence electrons. The Morgan fingerprint density at radius 1 is 1.31 bits per heavy atom. The lowest BCUT2D eigenvalue weighted by molar-refractivity contribution is 0.195. The highest BCUT2D eigenvalue weighted by atomic mass is 35.5. The molecule has 1 aliphatic heterocycles. The quantitative estimate of drug-likeness (QED) is 0.760. The van der Waals surface area contributed by atoms with Crippen molar-refractivity contribution in [2.75, 3.05) is 23.7 Å². The summed E-state index contributed by atoms with van der Waals surface area (Å²) in [5, 5.41) is 0.793. The number of hydrogen-bond donors (Lipinski definition) is 1. The van der Waals surface area contributed by atoms with Crippen LogP contribution in [-0.2, 0) is 0 Å². The third-order valence-electron chi connectivity index (χ3n) is 3.42. The van der Waals surface area contributed by atoms with Gasteiger partial charge in [0.15, 0.2) is 0 Å². The van der Waals surface area contributed by atoms with Gasteiger partial charge >= 0.3 is 0 Å². The highest BCUT2D eigenvalue weighted by Crippen LogP contribution is 2.39. The third-order valence-corrected chi connectivity index (χ3v) is 3.74. The number of benzene rings is 1. The summed E-state index contributed by atoms with van der Waals surface area (Å²) < 4.78 is 0. The number of nitrogen functional groups attached to an aromatic ring is 1. The molecule has 0 radical (unpaired) electrons. The van der Waals surface area contributed by atoms with E-state index in [0.717, 1.165) is 35.4 Å². The molecular weight excluding hydrogens is 220 g/mol. The van der Waals surface area contributed by atoms with Crippen LogP contribution in [0.5, 0.6) is 0 Å². The van der Waals surface area contributed by atoms with Gasteiger partial charge in [0.05, 0.1) is 10.7 Å². The molecule has 0 saturated carbocycles. The molecule has 0 aliphatic carbocycles. The van der Waals surface area contributed by atoms with Crippen LogP contribution in [0.2, 0.25) is 5.02 Å². The maximum atomic E-state index is 6.17. The molecule has 2 nitrogen and oxygen atoms in total. The Balaban J connectivity index is 2.09. The number of nitrogens with two attached hydrogens (primary N) is 1. The van der Waals surface area contributed by atoms with Crippen molar-refractivity contribution in [3.63, 3.8) is 0 Å². The molecule has 1 aliphatic rings. The van der Waals surface area contributed by atoms with Crippen molar-refractivity contribution in [3.05, 3.63) is 23.2 Å². The molecular formula is C13H19ClN2. The lowest BCUT2D eigenvalue weighted by Crippen LogP contribution is -2.52. The minimum Gasteiger partial charge on any atom is -0.399 e. The van der Waals surface area contributed by atoms with Gasteiger partial charge in [-0.15, -0.1) is 0 Å². The fourth-order valence-corrected chi connectivity index (χ4v) is 2.23. The van der Waals surface area contributed by atoms with E-state index in [0.29, 0.717) is 5.41 Å². The van der Waals surface area contributed by atoms with Gasteiger partial charge in [0, 0.05) is 18.8 Å². The summed E-state index contributed by atoms with van der Waals surface area (Å²) in [6, 6.07) is 5.67. The first kappa shape index (κ1) is 11.6. The van der Waals surface area contributed by atoms with E-state index in [-0.39, 0.29) is 0 Å². The zero-order valence-electron chi connectivity index (χ0n) is 10.1. The first-order valence-electron chi connectivity index (χ1n) is 5.68. The van der Waals surface area contributed by atoms with E-state index in [9.17, 15) is 0 Å². The second kappa shape index (κ2) is 3.85. The van der Waals surface area contributed by atoms with Crippen LogP contribution in [0.3, 0.4) is 0 Å². The van der Waals surface area contributed by atoms with Gasteiger partial charge in [0.25, 0.3) is 0 Å². The lowest BCUT2D eigenvalue weighted by atomic mass is 9.76. The van der Waals surface area contributed by atoms with E-state index in [1.807, 2.05) is 18.2 Å². The van der Waals surface area contributed by atoms with Gasteiger partial charge in [-0.1, -0.05) is 32.4 Å². The highest BCUT2D eigenvalue weighted by molar-refractivity contribution is 6.33. The zero-order valence-corrected chi connectivity index (χ0v) is 10.9. The molecule has 0 atom stereocenters. The summed E-state index contributed by atoms with van der Waals surface area (Å²) in [7, 11) is 0. The fraction of sp³-hybridized carbons (Fsp3) is 0.538. The van der Waals surface area contributed by atoms with Gasteiger partial charge in [-0.3, -0.25) is 0 Å². The summed E-state index contributed by atoms with van der Waals surface area (Å²) in [6.45, 7) is 9.02. The minimum absolute atomic E-state index is 0.378. The van der Waals surface area contributed by atoms with Crippen LogP contribution in [0, 0.1) is 11.3 Å². The first-order valence-corrected chi connectivity index (χ1v) is 6.05. The fourth-order valence-electron chi connectivity index (χ4n) is 2.00. The van der Waals surface area contributed by atoms with E-state index in [1.165, 1.54) is 0 Å². The van der Waals surface area contributed by atoms with Crippen molar-refractivity contribution in [1.82, 2.24) is 0 Å². The molecule has 1 saturated heterocycles. The Bertz CT molecular complexity index is 389. The summed E-state index contributed by atoms with van der Waals surface area (Å²) >= 11 is 6.17. The van der Waals surface area contributed by atoms with Crippen molar-refractivity contribution in [2.45, 2.75) is 20.8 Å². The molecule has 3 heteroatoms. The first-order chi connectivity index (χ1) is 7.38. The zero-order chi connectivity index (χ0) is 11.9. The number of halogens is 1. The van der Waals surface area contributed by atoms with E-state index in [4.69, 9.17) is 17.3 Å². The summed E-state index contributed by atoms with van der Waals surface area (Å²) in [5.41, 5.74) is 8.01. The average molecular weight is 239 g/mol. The maximum Gasteiger partial charge on any atom is 0.0641 e. The third kappa shape index (κ3) is 2.12. The predicted molar refractivity (Wildman–Crippen MR) is 71.0 cm³/mol.